The van der Waals surface area contributed by atoms with Crippen LogP contribution in [0.1, 0.15) is 34.6 Å². The molecule has 0 radical (unpaired) electrons. The number of carbonyl (C=O) groups excluding carboxylic acids is 1. The van der Waals surface area contributed by atoms with E-state index in [1.165, 1.54) is 0 Å². The van der Waals surface area contributed by atoms with Gasteiger partial charge in [-0.05, 0) is 0 Å². The van der Waals surface area contributed by atoms with E-state index >= 15 is 0 Å². The van der Waals surface area contributed by atoms with Crippen molar-refractivity contribution in [2.75, 3.05) is 14.1 Å². The van der Waals surface area contributed by atoms with E-state index in [1.807, 2.05) is 71.0 Å². The molecule has 1 amide bonds. The largest absolute Gasteiger partial charge is 0.348 e. The SMILES string of the molecule is CC.CN(C)C(=O)C(C)(C)C.c1ccccc1. The van der Waals surface area contributed by atoms with Gasteiger partial charge in [0.15, 0.2) is 0 Å². The van der Waals surface area contributed by atoms with Gasteiger partial charge in [0.25, 0.3) is 0 Å². The Labute approximate surface area is 107 Å². The highest BCUT2D eigenvalue weighted by atomic mass is 16.2. The molecule has 0 fully saturated rings. The molecule has 0 saturated carbocycles. The van der Waals surface area contributed by atoms with Crippen molar-refractivity contribution in [3.8, 4) is 0 Å². The predicted molar refractivity (Wildman–Crippen MR) is 75.9 cm³/mol. The van der Waals surface area contributed by atoms with Crippen molar-refractivity contribution in [3.63, 3.8) is 0 Å². The number of carbonyl (C=O) groups is 1. The summed E-state index contributed by atoms with van der Waals surface area (Å²) < 4.78 is 0. The summed E-state index contributed by atoms with van der Waals surface area (Å²) in [7, 11) is 3.54. The van der Waals surface area contributed by atoms with Gasteiger partial charge in [-0.2, -0.15) is 0 Å². The molecular weight excluding hydrogens is 210 g/mol. The molecule has 0 unspecified atom stereocenters. The molecule has 2 heteroatoms. The first kappa shape index (κ1) is 18.1. The van der Waals surface area contributed by atoms with Crippen LogP contribution in [0.3, 0.4) is 0 Å². The molecule has 98 valence electrons. The zero-order valence-electron chi connectivity index (χ0n) is 12.3. The van der Waals surface area contributed by atoms with Crippen molar-refractivity contribution in [1.29, 1.82) is 0 Å². The van der Waals surface area contributed by atoms with Crippen LogP contribution in [0.25, 0.3) is 0 Å². The summed E-state index contributed by atoms with van der Waals surface area (Å²) in [5, 5.41) is 0. The van der Waals surface area contributed by atoms with Crippen molar-refractivity contribution in [2.24, 2.45) is 5.41 Å². The van der Waals surface area contributed by atoms with E-state index < -0.39 is 0 Å². The summed E-state index contributed by atoms with van der Waals surface area (Å²) in [6, 6.07) is 12.0. The maximum Gasteiger partial charge on any atom is 0.227 e. The Morgan fingerprint density at radius 1 is 0.824 bits per heavy atom. The van der Waals surface area contributed by atoms with Gasteiger partial charge < -0.3 is 4.90 Å². The fourth-order valence-corrected chi connectivity index (χ4v) is 1.06. The number of hydrogen-bond acceptors (Lipinski definition) is 1. The molecule has 0 spiro atoms. The molecule has 0 heterocycles. The molecule has 0 aliphatic carbocycles. The number of benzene rings is 1. The monoisotopic (exact) mass is 237 g/mol. The van der Waals surface area contributed by atoms with Crippen LogP contribution in [0.5, 0.6) is 0 Å². The van der Waals surface area contributed by atoms with Crippen LogP contribution in [0, 0.1) is 5.41 Å². The molecule has 1 aromatic rings. The lowest BCUT2D eigenvalue weighted by Gasteiger charge is -2.21. The third kappa shape index (κ3) is 11.0. The van der Waals surface area contributed by atoms with Crippen LogP contribution < -0.4 is 0 Å². The van der Waals surface area contributed by atoms with Crippen LogP contribution in [-0.4, -0.2) is 24.9 Å². The number of nitrogens with zero attached hydrogens (tertiary/aromatic N) is 1. The van der Waals surface area contributed by atoms with Gasteiger partial charge >= 0.3 is 0 Å². The number of hydrogen-bond donors (Lipinski definition) is 0. The van der Waals surface area contributed by atoms with Gasteiger partial charge in [0.05, 0.1) is 0 Å². The van der Waals surface area contributed by atoms with Gasteiger partial charge in [0.2, 0.25) is 5.91 Å². The molecule has 0 saturated heterocycles. The summed E-state index contributed by atoms with van der Waals surface area (Å²) in [5.74, 6) is 0.169. The Morgan fingerprint density at radius 2 is 1.06 bits per heavy atom. The molecule has 0 atom stereocenters. The zero-order chi connectivity index (χ0) is 13.9. The summed E-state index contributed by atoms with van der Waals surface area (Å²) in [6.07, 6.45) is 0. The molecule has 1 aromatic carbocycles. The van der Waals surface area contributed by atoms with Crippen LogP contribution >= 0.6 is 0 Å². The highest BCUT2D eigenvalue weighted by Crippen LogP contribution is 2.14. The first-order valence-electron chi connectivity index (χ1n) is 6.07. The van der Waals surface area contributed by atoms with E-state index in [9.17, 15) is 4.79 Å². The topological polar surface area (TPSA) is 20.3 Å². The Kier molecular flexibility index (Phi) is 10.5. The van der Waals surface area contributed by atoms with Crippen LogP contribution in [-0.2, 0) is 4.79 Å². The Balaban J connectivity index is 0. The average molecular weight is 237 g/mol. The summed E-state index contributed by atoms with van der Waals surface area (Å²) in [4.78, 5) is 12.7. The van der Waals surface area contributed by atoms with Gasteiger partial charge in [-0.15, -0.1) is 0 Å². The van der Waals surface area contributed by atoms with E-state index in [2.05, 4.69) is 0 Å². The lowest BCUT2D eigenvalue weighted by atomic mass is 9.95. The second-order valence-electron chi connectivity index (χ2n) is 4.60. The van der Waals surface area contributed by atoms with Gasteiger partial charge in [-0.25, -0.2) is 0 Å². The third-order valence-electron chi connectivity index (χ3n) is 1.71. The normalized spacial score (nSPS) is 9.12. The molecule has 0 N–H and O–H groups in total. The molecule has 0 aliphatic heterocycles. The maximum absolute atomic E-state index is 11.1. The first-order valence-corrected chi connectivity index (χ1v) is 6.07. The van der Waals surface area contributed by atoms with E-state index in [4.69, 9.17) is 0 Å². The second kappa shape index (κ2) is 9.88. The molecule has 2 nitrogen and oxygen atoms in total. The minimum atomic E-state index is -0.233. The molecule has 0 aromatic heterocycles. The quantitative estimate of drug-likeness (QED) is 0.671. The van der Waals surface area contributed by atoms with Crippen molar-refractivity contribution < 1.29 is 4.79 Å². The molecule has 1 rings (SSSR count). The van der Waals surface area contributed by atoms with Crippen LogP contribution in [0.15, 0.2) is 36.4 Å². The highest BCUT2D eigenvalue weighted by molar-refractivity contribution is 5.80. The Hall–Kier alpha value is -1.31. The first-order chi connectivity index (χ1) is 7.85. The average Bonchev–Trinajstić information content (AvgIpc) is 2.32. The molecule has 0 bridgehead atoms. The van der Waals surface area contributed by atoms with Gasteiger partial charge in [-0.1, -0.05) is 71.0 Å². The lowest BCUT2D eigenvalue weighted by Crippen LogP contribution is -2.33. The van der Waals surface area contributed by atoms with E-state index in [0.29, 0.717) is 0 Å². The zero-order valence-corrected chi connectivity index (χ0v) is 12.3. The third-order valence-corrected chi connectivity index (χ3v) is 1.71. The summed E-state index contributed by atoms with van der Waals surface area (Å²) in [5.41, 5.74) is -0.233. The van der Waals surface area contributed by atoms with E-state index in [0.717, 1.165) is 0 Å². The van der Waals surface area contributed by atoms with Gasteiger partial charge in [-0.3, -0.25) is 4.79 Å². The van der Waals surface area contributed by atoms with Crippen molar-refractivity contribution in [1.82, 2.24) is 4.90 Å². The molecule has 17 heavy (non-hydrogen) atoms. The fraction of sp³-hybridized carbons (Fsp3) is 0.533. The standard InChI is InChI=1S/C7H15NO.C6H6.C2H6/c1-7(2,3)6(9)8(4)5;1-2-4-6-5-3-1;1-2/h1-5H3;1-6H;1-2H3. The lowest BCUT2D eigenvalue weighted by molar-refractivity contribution is -0.136. The minimum Gasteiger partial charge on any atom is -0.348 e. The van der Waals surface area contributed by atoms with Crippen LogP contribution in [0.4, 0.5) is 0 Å². The van der Waals surface area contributed by atoms with E-state index in [-0.39, 0.29) is 11.3 Å². The number of amides is 1. The summed E-state index contributed by atoms with van der Waals surface area (Å²) >= 11 is 0. The predicted octanol–water partition coefficient (Wildman–Crippen LogP) is 3.83. The Morgan fingerprint density at radius 3 is 1.12 bits per heavy atom. The fourth-order valence-electron chi connectivity index (χ4n) is 1.06. The van der Waals surface area contributed by atoms with Crippen molar-refractivity contribution >= 4 is 5.91 Å². The van der Waals surface area contributed by atoms with Crippen molar-refractivity contribution in [3.05, 3.63) is 36.4 Å². The molecular formula is C15H27NO. The highest BCUT2D eigenvalue weighted by Gasteiger charge is 2.22. The van der Waals surface area contributed by atoms with Crippen molar-refractivity contribution in [2.45, 2.75) is 34.6 Å². The van der Waals surface area contributed by atoms with E-state index in [1.54, 1.807) is 19.0 Å². The Bertz CT molecular complexity index is 246. The molecule has 0 aliphatic rings. The van der Waals surface area contributed by atoms with Gasteiger partial charge in [0.1, 0.15) is 0 Å². The minimum absolute atomic E-state index is 0.169. The van der Waals surface area contributed by atoms with Gasteiger partial charge in [0, 0.05) is 19.5 Å². The smallest absolute Gasteiger partial charge is 0.227 e. The second-order valence-corrected chi connectivity index (χ2v) is 4.60. The van der Waals surface area contributed by atoms with Crippen LogP contribution in [0.2, 0.25) is 0 Å². The number of rotatable bonds is 0. The maximum atomic E-state index is 11.1. The summed E-state index contributed by atoms with van der Waals surface area (Å²) in [6.45, 7) is 9.74.